The van der Waals surface area contributed by atoms with Gasteiger partial charge in [0.25, 0.3) is 0 Å². The molecule has 1 saturated heterocycles. The molecule has 0 saturated carbocycles. The Labute approximate surface area is 155 Å². The largest absolute Gasteiger partial charge is 0.492 e. The van der Waals surface area contributed by atoms with Crippen molar-refractivity contribution < 1.29 is 19.0 Å². The molecule has 0 spiro atoms. The van der Waals surface area contributed by atoms with Crippen molar-refractivity contribution in [3.8, 4) is 5.75 Å². The predicted octanol–water partition coefficient (Wildman–Crippen LogP) is 3.29. The van der Waals surface area contributed by atoms with E-state index in [1.165, 1.54) is 7.11 Å². The van der Waals surface area contributed by atoms with Crippen LogP contribution in [0.1, 0.15) is 19.4 Å². The standard InChI is InChI=1S/C19H23NO4.C2H6/c1-22-19(21)14-15-6-7-18(17-5-3-2-4-16(15)17)24-13-10-20-8-11-23-12-9-20;1-2/h2-7H,8-14H2,1H3;1-2H3. The highest BCUT2D eigenvalue weighted by Crippen LogP contribution is 2.29. The summed E-state index contributed by atoms with van der Waals surface area (Å²) in [6, 6.07) is 11.9. The fourth-order valence-corrected chi connectivity index (χ4v) is 2.95. The van der Waals surface area contributed by atoms with E-state index < -0.39 is 0 Å². The molecule has 0 aliphatic carbocycles. The van der Waals surface area contributed by atoms with Crippen LogP contribution in [0.25, 0.3) is 10.8 Å². The van der Waals surface area contributed by atoms with Crippen molar-refractivity contribution in [2.45, 2.75) is 20.3 Å². The van der Waals surface area contributed by atoms with Crippen molar-refractivity contribution in [1.29, 1.82) is 0 Å². The molecule has 1 aliphatic heterocycles. The molecule has 3 rings (SSSR count). The maximum atomic E-state index is 11.6. The fourth-order valence-electron chi connectivity index (χ4n) is 2.95. The molecule has 0 unspecified atom stereocenters. The van der Waals surface area contributed by atoms with E-state index in [4.69, 9.17) is 14.2 Å². The van der Waals surface area contributed by atoms with Gasteiger partial charge in [-0.3, -0.25) is 9.69 Å². The average Bonchev–Trinajstić information content (AvgIpc) is 2.71. The smallest absolute Gasteiger partial charge is 0.309 e. The number of carbonyl (C=O) groups excluding carboxylic acids is 1. The van der Waals surface area contributed by atoms with Gasteiger partial charge in [-0.1, -0.05) is 44.2 Å². The molecule has 2 aromatic carbocycles. The molecule has 0 bridgehead atoms. The number of hydrogen-bond acceptors (Lipinski definition) is 5. The Bertz CT molecular complexity index is 695. The van der Waals surface area contributed by atoms with E-state index in [2.05, 4.69) is 4.90 Å². The van der Waals surface area contributed by atoms with Crippen molar-refractivity contribution in [2.75, 3.05) is 46.6 Å². The normalized spacial score (nSPS) is 14.4. The molecular formula is C21H29NO4. The maximum Gasteiger partial charge on any atom is 0.309 e. The van der Waals surface area contributed by atoms with Crippen molar-refractivity contribution >= 4 is 16.7 Å². The molecule has 5 heteroatoms. The average molecular weight is 359 g/mol. The quantitative estimate of drug-likeness (QED) is 0.741. The molecular weight excluding hydrogens is 330 g/mol. The number of benzene rings is 2. The van der Waals surface area contributed by atoms with Crippen LogP contribution in [0.3, 0.4) is 0 Å². The zero-order valence-electron chi connectivity index (χ0n) is 16.0. The summed E-state index contributed by atoms with van der Waals surface area (Å²) in [5.74, 6) is 0.619. The van der Waals surface area contributed by atoms with Crippen LogP contribution in [0, 0.1) is 0 Å². The van der Waals surface area contributed by atoms with Crippen LogP contribution in [-0.2, 0) is 20.7 Å². The van der Waals surface area contributed by atoms with Crippen LogP contribution in [0.15, 0.2) is 36.4 Å². The van der Waals surface area contributed by atoms with Crippen LogP contribution in [0.5, 0.6) is 5.75 Å². The first kappa shape index (κ1) is 20.2. The van der Waals surface area contributed by atoms with Crippen molar-refractivity contribution in [3.63, 3.8) is 0 Å². The second-order valence-electron chi connectivity index (χ2n) is 5.82. The molecule has 1 fully saturated rings. The highest BCUT2D eigenvalue weighted by Gasteiger charge is 2.12. The lowest BCUT2D eigenvalue weighted by Gasteiger charge is -2.26. The Balaban J connectivity index is 0.00000117. The first-order valence-corrected chi connectivity index (χ1v) is 9.28. The molecule has 0 aromatic heterocycles. The van der Waals surface area contributed by atoms with Gasteiger partial charge >= 0.3 is 5.97 Å². The van der Waals surface area contributed by atoms with E-state index in [1.54, 1.807) is 0 Å². The summed E-state index contributed by atoms with van der Waals surface area (Å²) in [6.45, 7) is 9.04. The zero-order valence-corrected chi connectivity index (χ0v) is 16.0. The van der Waals surface area contributed by atoms with Crippen LogP contribution in [0.2, 0.25) is 0 Å². The molecule has 0 N–H and O–H groups in total. The highest BCUT2D eigenvalue weighted by atomic mass is 16.5. The number of nitrogens with zero attached hydrogens (tertiary/aromatic N) is 1. The second-order valence-corrected chi connectivity index (χ2v) is 5.82. The van der Waals surface area contributed by atoms with Crippen molar-refractivity contribution in [2.24, 2.45) is 0 Å². The first-order chi connectivity index (χ1) is 12.8. The molecule has 1 aliphatic rings. The fraction of sp³-hybridized carbons (Fsp3) is 0.476. The number of morpholine rings is 1. The van der Waals surface area contributed by atoms with Gasteiger partial charge in [0.05, 0.1) is 26.7 Å². The first-order valence-electron chi connectivity index (χ1n) is 9.28. The van der Waals surface area contributed by atoms with E-state index in [9.17, 15) is 4.79 Å². The molecule has 0 radical (unpaired) electrons. The summed E-state index contributed by atoms with van der Waals surface area (Å²) in [4.78, 5) is 13.9. The zero-order chi connectivity index (χ0) is 18.8. The van der Waals surface area contributed by atoms with Crippen molar-refractivity contribution in [1.82, 2.24) is 4.90 Å². The Morgan fingerprint density at radius 1 is 1.08 bits per heavy atom. The summed E-state index contributed by atoms with van der Waals surface area (Å²) in [6.07, 6.45) is 0.269. The van der Waals surface area contributed by atoms with Gasteiger partial charge in [0, 0.05) is 25.0 Å². The van der Waals surface area contributed by atoms with Crippen LogP contribution in [0.4, 0.5) is 0 Å². The van der Waals surface area contributed by atoms with Gasteiger partial charge in [0.1, 0.15) is 12.4 Å². The molecule has 1 heterocycles. The Kier molecular flexibility index (Phi) is 8.38. The van der Waals surface area contributed by atoms with E-state index in [-0.39, 0.29) is 12.4 Å². The van der Waals surface area contributed by atoms with Gasteiger partial charge in [-0.2, -0.15) is 0 Å². The van der Waals surface area contributed by atoms with Gasteiger partial charge in [-0.05, 0) is 17.0 Å². The van der Waals surface area contributed by atoms with E-state index in [0.29, 0.717) is 6.61 Å². The second kappa shape index (κ2) is 10.8. The van der Waals surface area contributed by atoms with Gasteiger partial charge < -0.3 is 14.2 Å². The number of methoxy groups -OCH3 is 1. The number of hydrogen-bond donors (Lipinski definition) is 0. The number of fused-ring (bicyclic) bond motifs is 1. The van der Waals surface area contributed by atoms with Gasteiger partial charge in [-0.25, -0.2) is 0 Å². The lowest BCUT2D eigenvalue weighted by atomic mass is 10.0. The minimum atomic E-state index is -0.235. The molecule has 0 atom stereocenters. The number of esters is 1. The minimum absolute atomic E-state index is 0.235. The van der Waals surface area contributed by atoms with Crippen LogP contribution < -0.4 is 4.74 Å². The Hall–Kier alpha value is -2.11. The summed E-state index contributed by atoms with van der Waals surface area (Å²) >= 11 is 0. The van der Waals surface area contributed by atoms with E-state index in [0.717, 1.165) is 54.9 Å². The number of ether oxygens (including phenoxy) is 3. The van der Waals surface area contributed by atoms with Gasteiger partial charge in [0.2, 0.25) is 0 Å². The van der Waals surface area contributed by atoms with Crippen LogP contribution in [-0.4, -0.2) is 57.4 Å². The Morgan fingerprint density at radius 2 is 1.77 bits per heavy atom. The molecule has 5 nitrogen and oxygen atoms in total. The van der Waals surface area contributed by atoms with Gasteiger partial charge in [0.15, 0.2) is 0 Å². The number of rotatable bonds is 6. The van der Waals surface area contributed by atoms with E-state index in [1.807, 2.05) is 50.2 Å². The third kappa shape index (κ3) is 5.44. The molecule has 26 heavy (non-hydrogen) atoms. The monoisotopic (exact) mass is 359 g/mol. The molecule has 142 valence electrons. The number of carbonyl (C=O) groups is 1. The maximum absolute atomic E-state index is 11.6. The minimum Gasteiger partial charge on any atom is -0.492 e. The summed E-state index contributed by atoms with van der Waals surface area (Å²) in [5.41, 5.74) is 0.956. The summed E-state index contributed by atoms with van der Waals surface area (Å²) < 4.78 is 16.1. The Morgan fingerprint density at radius 3 is 2.46 bits per heavy atom. The topological polar surface area (TPSA) is 48.0 Å². The van der Waals surface area contributed by atoms with Crippen molar-refractivity contribution in [3.05, 3.63) is 42.0 Å². The SMILES string of the molecule is CC.COC(=O)Cc1ccc(OCCN2CCOCC2)c2ccccc12. The lowest BCUT2D eigenvalue weighted by molar-refractivity contribution is -0.139. The third-order valence-corrected chi connectivity index (χ3v) is 4.31. The highest BCUT2D eigenvalue weighted by molar-refractivity contribution is 5.93. The summed E-state index contributed by atoms with van der Waals surface area (Å²) in [7, 11) is 1.41. The lowest BCUT2D eigenvalue weighted by Crippen LogP contribution is -2.38. The third-order valence-electron chi connectivity index (χ3n) is 4.31. The predicted molar refractivity (Wildman–Crippen MR) is 104 cm³/mol. The summed E-state index contributed by atoms with van der Waals surface area (Å²) in [5, 5.41) is 2.06. The molecule has 0 amide bonds. The molecule has 2 aromatic rings. The van der Waals surface area contributed by atoms with Crippen LogP contribution >= 0.6 is 0 Å². The van der Waals surface area contributed by atoms with Gasteiger partial charge in [-0.15, -0.1) is 0 Å². The van der Waals surface area contributed by atoms with E-state index >= 15 is 0 Å².